The van der Waals surface area contributed by atoms with E-state index in [1.165, 1.54) is 23.5 Å². The fourth-order valence-corrected chi connectivity index (χ4v) is 4.50. The van der Waals surface area contributed by atoms with Gasteiger partial charge in [0.05, 0.1) is 16.6 Å². The van der Waals surface area contributed by atoms with E-state index in [0.29, 0.717) is 11.3 Å². The van der Waals surface area contributed by atoms with Crippen LogP contribution in [0.2, 0.25) is 0 Å². The van der Waals surface area contributed by atoms with Crippen LogP contribution in [0.15, 0.2) is 83.8 Å². The van der Waals surface area contributed by atoms with Gasteiger partial charge >= 0.3 is 0 Å². The molecule has 0 radical (unpaired) electrons. The van der Waals surface area contributed by atoms with Crippen LogP contribution in [0.4, 0.5) is 5.69 Å². The Morgan fingerprint density at radius 1 is 0.967 bits per heavy atom. The maximum atomic E-state index is 13.1. The average molecular weight is 423 g/mol. The molecule has 1 N–H and O–H groups in total. The van der Waals surface area contributed by atoms with E-state index < -0.39 is 10.0 Å². The van der Waals surface area contributed by atoms with Gasteiger partial charge in [0.1, 0.15) is 0 Å². The summed E-state index contributed by atoms with van der Waals surface area (Å²) in [6.07, 6.45) is 0.726. The number of nitrogens with zero attached hydrogens (tertiary/aromatic N) is 1. The lowest BCUT2D eigenvalue weighted by atomic mass is 10.0. The van der Waals surface area contributed by atoms with Crippen LogP contribution >= 0.6 is 0 Å². The van der Waals surface area contributed by atoms with E-state index in [1.807, 2.05) is 56.3 Å². The average Bonchev–Trinajstić information content (AvgIpc) is 2.77. The molecule has 3 aromatic carbocycles. The first-order valence-corrected chi connectivity index (χ1v) is 11.3. The summed E-state index contributed by atoms with van der Waals surface area (Å²) in [6.45, 7) is 3.90. The number of aryl methyl sites for hydroxylation is 1. The van der Waals surface area contributed by atoms with Crippen molar-refractivity contribution >= 4 is 21.6 Å². The molecule has 0 fully saturated rings. The molecule has 0 aliphatic carbocycles. The molecule has 0 heterocycles. The van der Waals surface area contributed by atoms with E-state index in [4.69, 9.17) is 0 Å². The third-order valence-electron chi connectivity index (χ3n) is 5.04. The maximum absolute atomic E-state index is 13.1. The summed E-state index contributed by atoms with van der Waals surface area (Å²) in [5.74, 6) is -0.305. The number of amides is 1. The molecule has 0 aromatic heterocycles. The van der Waals surface area contributed by atoms with E-state index in [1.54, 1.807) is 24.3 Å². The van der Waals surface area contributed by atoms with Crippen molar-refractivity contribution in [1.29, 1.82) is 0 Å². The zero-order valence-corrected chi connectivity index (χ0v) is 18.2. The highest BCUT2D eigenvalue weighted by molar-refractivity contribution is 7.92. The van der Waals surface area contributed by atoms with Crippen LogP contribution in [-0.4, -0.2) is 21.4 Å². The van der Waals surface area contributed by atoms with Gasteiger partial charge in [-0.1, -0.05) is 55.5 Å². The quantitative estimate of drug-likeness (QED) is 0.600. The van der Waals surface area contributed by atoms with Crippen LogP contribution in [0, 0.1) is 6.92 Å². The van der Waals surface area contributed by atoms with Gasteiger partial charge in [0, 0.05) is 12.6 Å². The number of rotatable bonds is 7. The van der Waals surface area contributed by atoms with Crippen molar-refractivity contribution in [3.63, 3.8) is 0 Å². The summed E-state index contributed by atoms with van der Waals surface area (Å²) >= 11 is 0. The molecular weight excluding hydrogens is 396 g/mol. The Morgan fingerprint density at radius 2 is 1.67 bits per heavy atom. The fraction of sp³-hybridized carbons (Fsp3) is 0.208. The van der Waals surface area contributed by atoms with Crippen molar-refractivity contribution in [2.45, 2.75) is 31.2 Å². The van der Waals surface area contributed by atoms with Gasteiger partial charge in [-0.05, 0) is 54.8 Å². The number of hydrogen-bond donors (Lipinski definition) is 1. The zero-order valence-electron chi connectivity index (χ0n) is 17.4. The predicted octanol–water partition coefficient (Wildman–Crippen LogP) is 4.70. The van der Waals surface area contributed by atoms with Crippen molar-refractivity contribution in [3.05, 3.63) is 95.6 Å². The normalized spacial score (nSPS) is 12.2. The SMILES string of the molecule is CC[C@H](NC(=O)c1cccc(S(=O)(=O)N(C)c2cccc(C)c2)c1)c1ccccc1. The highest BCUT2D eigenvalue weighted by Gasteiger charge is 2.23. The molecule has 0 saturated heterocycles. The topological polar surface area (TPSA) is 66.5 Å². The molecule has 1 amide bonds. The van der Waals surface area contributed by atoms with Crippen molar-refractivity contribution in [3.8, 4) is 0 Å². The Balaban J connectivity index is 1.85. The van der Waals surface area contributed by atoms with Crippen LogP contribution in [0.25, 0.3) is 0 Å². The Morgan fingerprint density at radius 3 is 2.33 bits per heavy atom. The summed E-state index contributed by atoms with van der Waals surface area (Å²) in [7, 11) is -2.28. The molecule has 6 heteroatoms. The van der Waals surface area contributed by atoms with Crippen LogP contribution in [-0.2, 0) is 10.0 Å². The van der Waals surface area contributed by atoms with E-state index in [2.05, 4.69) is 5.32 Å². The Kier molecular flexibility index (Phi) is 6.57. The van der Waals surface area contributed by atoms with E-state index >= 15 is 0 Å². The minimum Gasteiger partial charge on any atom is -0.345 e. The number of hydrogen-bond acceptors (Lipinski definition) is 3. The van der Waals surface area contributed by atoms with Crippen molar-refractivity contribution in [2.75, 3.05) is 11.4 Å². The van der Waals surface area contributed by atoms with Gasteiger partial charge < -0.3 is 5.32 Å². The van der Waals surface area contributed by atoms with Gasteiger partial charge in [-0.3, -0.25) is 9.10 Å². The van der Waals surface area contributed by atoms with Gasteiger partial charge in [-0.25, -0.2) is 8.42 Å². The van der Waals surface area contributed by atoms with Crippen molar-refractivity contribution < 1.29 is 13.2 Å². The standard InChI is InChI=1S/C24H26N2O3S/c1-4-23(19-11-6-5-7-12-19)25-24(27)20-13-9-15-22(17-20)30(28,29)26(3)21-14-8-10-18(2)16-21/h5-17,23H,4H2,1-3H3,(H,25,27)/t23-/m0/s1. The van der Waals surface area contributed by atoms with Crippen molar-refractivity contribution in [1.82, 2.24) is 5.32 Å². The van der Waals surface area contributed by atoms with Crippen LogP contribution in [0.3, 0.4) is 0 Å². The maximum Gasteiger partial charge on any atom is 0.264 e. The van der Waals surface area contributed by atoms with Crippen LogP contribution < -0.4 is 9.62 Å². The lowest BCUT2D eigenvalue weighted by Crippen LogP contribution is -2.29. The molecular formula is C24H26N2O3S. The first kappa shape index (κ1) is 21.6. The lowest BCUT2D eigenvalue weighted by Gasteiger charge is -2.21. The molecule has 0 saturated carbocycles. The lowest BCUT2D eigenvalue weighted by molar-refractivity contribution is 0.0935. The molecule has 3 aromatic rings. The predicted molar refractivity (Wildman–Crippen MR) is 120 cm³/mol. The van der Waals surface area contributed by atoms with Gasteiger partial charge in [0.15, 0.2) is 0 Å². The molecule has 5 nitrogen and oxygen atoms in total. The largest absolute Gasteiger partial charge is 0.345 e. The Hall–Kier alpha value is -3.12. The smallest absolute Gasteiger partial charge is 0.264 e. The zero-order chi connectivity index (χ0) is 21.7. The van der Waals surface area contributed by atoms with E-state index in [0.717, 1.165) is 17.5 Å². The highest BCUT2D eigenvalue weighted by atomic mass is 32.2. The first-order chi connectivity index (χ1) is 14.3. The number of benzene rings is 3. The Bertz CT molecular complexity index is 1130. The van der Waals surface area contributed by atoms with Gasteiger partial charge in [0.25, 0.3) is 15.9 Å². The molecule has 156 valence electrons. The number of carbonyl (C=O) groups is 1. The molecule has 0 unspecified atom stereocenters. The van der Waals surface area contributed by atoms with E-state index in [9.17, 15) is 13.2 Å². The number of sulfonamides is 1. The van der Waals surface area contributed by atoms with Gasteiger partial charge in [-0.2, -0.15) is 0 Å². The van der Waals surface area contributed by atoms with Crippen molar-refractivity contribution in [2.24, 2.45) is 0 Å². The van der Waals surface area contributed by atoms with Crippen LogP contribution in [0.5, 0.6) is 0 Å². The summed E-state index contributed by atoms with van der Waals surface area (Å²) in [5.41, 5.74) is 2.86. The highest BCUT2D eigenvalue weighted by Crippen LogP contribution is 2.24. The summed E-state index contributed by atoms with van der Waals surface area (Å²) in [6, 6.07) is 23.0. The summed E-state index contributed by atoms with van der Waals surface area (Å²) in [4.78, 5) is 12.9. The van der Waals surface area contributed by atoms with Crippen LogP contribution in [0.1, 0.15) is 40.9 Å². The third kappa shape index (κ3) is 4.71. The third-order valence-corrected chi connectivity index (χ3v) is 6.82. The Labute approximate surface area is 178 Å². The molecule has 30 heavy (non-hydrogen) atoms. The molecule has 0 bridgehead atoms. The molecule has 0 spiro atoms. The molecule has 0 aliphatic heterocycles. The monoisotopic (exact) mass is 422 g/mol. The molecule has 1 atom stereocenters. The second-order valence-corrected chi connectivity index (χ2v) is 9.15. The molecule has 3 rings (SSSR count). The first-order valence-electron chi connectivity index (χ1n) is 9.84. The minimum atomic E-state index is -3.80. The summed E-state index contributed by atoms with van der Waals surface area (Å²) in [5, 5.41) is 3.00. The number of anilines is 1. The second kappa shape index (κ2) is 9.13. The summed E-state index contributed by atoms with van der Waals surface area (Å²) < 4.78 is 27.5. The fourth-order valence-electron chi connectivity index (χ4n) is 3.27. The number of nitrogens with one attached hydrogen (secondary N) is 1. The molecule has 0 aliphatic rings. The van der Waals surface area contributed by atoms with E-state index in [-0.39, 0.29) is 16.8 Å². The second-order valence-electron chi connectivity index (χ2n) is 7.18. The number of carbonyl (C=O) groups excluding carboxylic acids is 1. The van der Waals surface area contributed by atoms with Gasteiger partial charge in [-0.15, -0.1) is 0 Å². The van der Waals surface area contributed by atoms with Gasteiger partial charge in [0.2, 0.25) is 0 Å². The minimum absolute atomic E-state index is 0.0758.